The van der Waals surface area contributed by atoms with E-state index in [4.69, 9.17) is 0 Å². The predicted octanol–water partition coefficient (Wildman–Crippen LogP) is 2.50. The summed E-state index contributed by atoms with van der Waals surface area (Å²) in [5, 5.41) is 3.51. The Kier molecular flexibility index (Phi) is 2.85. The van der Waals surface area contributed by atoms with Crippen LogP contribution >= 0.6 is 0 Å². The molecule has 0 bridgehead atoms. The Balaban J connectivity index is 1.98. The first-order chi connectivity index (χ1) is 8.34. The first-order valence-corrected chi connectivity index (χ1v) is 6.49. The molecule has 1 aliphatic rings. The van der Waals surface area contributed by atoms with Crippen molar-refractivity contribution < 1.29 is 0 Å². The van der Waals surface area contributed by atoms with Crippen LogP contribution in [-0.4, -0.2) is 22.5 Å². The average molecular weight is 229 g/mol. The van der Waals surface area contributed by atoms with E-state index in [0.29, 0.717) is 5.92 Å². The van der Waals surface area contributed by atoms with Gasteiger partial charge in [-0.15, -0.1) is 0 Å². The van der Waals surface area contributed by atoms with Crippen LogP contribution in [0, 0.1) is 6.92 Å². The normalized spacial score (nSPS) is 21.6. The smallest absolute Gasteiger partial charge is 0.117 e. The maximum Gasteiger partial charge on any atom is 0.117 e. The summed E-state index contributed by atoms with van der Waals surface area (Å²) in [5.41, 5.74) is 2.51. The third-order valence-corrected chi connectivity index (χ3v) is 3.63. The summed E-state index contributed by atoms with van der Waals surface area (Å²) in [6.45, 7) is 4.34. The molecule has 3 heteroatoms. The Morgan fingerprint density at radius 3 is 3.29 bits per heavy atom. The second kappa shape index (κ2) is 4.49. The number of aryl methyl sites for hydroxylation is 1. The number of nitrogens with one attached hydrogen (secondary N) is 1. The number of pyridine rings is 1. The van der Waals surface area contributed by atoms with Gasteiger partial charge < -0.3 is 9.72 Å². The van der Waals surface area contributed by atoms with Crippen molar-refractivity contribution in [2.45, 2.75) is 32.1 Å². The highest BCUT2D eigenvalue weighted by Crippen LogP contribution is 2.23. The van der Waals surface area contributed by atoms with E-state index < -0.39 is 0 Å². The molecule has 1 N–H and O–H groups in total. The molecule has 0 aromatic carbocycles. The highest BCUT2D eigenvalue weighted by atomic mass is 15.0. The molecule has 3 nitrogen and oxygen atoms in total. The van der Waals surface area contributed by atoms with Gasteiger partial charge >= 0.3 is 0 Å². The zero-order valence-electron chi connectivity index (χ0n) is 10.3. The Morgan fingerprint density at radius 2 is 2.35 bits per heavy atom. The highest BCUT2D eigenvalue weighted by Gasteiger charge is 2.18. The summed E-state index contributed by atoms with van der Waals surface area (Å²) in [4.78, 5) is 4.62. The molecule has 2 aromatic heterocycles. The molecule has 0 aliphatic carbocycles. The maximum atomic E-state index is 4.62. The first-order valence-electron chi connectivity index (χ1n) is 6.49. The Labute approximate surface area is 102 Å². The van der Waals surface area contributed by atoms with Crippen molar-refractivity contribution in [3.63, 3.8) is 0 Å². The van der Waals surface area contributed by atoms with Gasteiger partial charge in [-0.1, -0.05) is 6.42 Å². The molecular formula is C14H19N3. The van der Waals surface area contributed by atoms with Crippen molar-refractivity contribution in [1.29, 1.82) is 0 Å². The molecule has 0 amide bonds. The van der Waals surface area contributed by atoms with Crippen molar-refractivity contribution in [3.8, 4) is 0 Å². The summed E-state index contributed by atoms with van der Waals surface area (Å²) < 4.78 is 2.24. The standard InChI is InChI=1S/C14H19N3/c1-11-5-7-17-13(8-11)10-16-14(17)12-4-2-3-6-15-9-12/h5,7-8,10,12,15H,2-4,6,9H2,1H3. The van der Waals surface area contributed by atoms with Crippen LogP contribution in [0.3, 0.4) is 0 Å². The SMILES string of the molecule is Cc1ccn2c(C3CCCCNC3)ncc2c1. The van der Waals surface area contributed by atoms with Gasteiger partial charge in [-0.2, -0.15) is 0 Å². The summed E-state index contributed by atoms with van der Waals surface area (Å²) in [6.07, 6.45) is 7.99. The number of imidazole rings is 1. The highest BCUT2D eigenvalue weighted by molar-refractivity contribution is 5.48. The molecular weight excluding hydrogens is 210 g/mol. The summed E-state index contributed by atoms with van der Waals surface area (Å²) >= 11 is 0. The van der Waals surface area contributed by atoms with Crippen molar-refractivity contribution in [1.82, 2.24) is 14.7 Å². The van der Waals surface area contributed by atoms with Crippen molar-refractivity contribution in [3.05, 3.63) is 35.9 Å². The second-order valence-corrected chi connectivity index (χ2v) is 5.01. The molecule has 90 valence electrons. The lowest BCUT2D eigenvalue weighted by Gasteiger charge is -2.13. The van der Waals surface area contributed by atoms with Gasteiger partial charge in [0.1, 0.15) is 5.82 Å². The topological polar surface area (TPSA) is 29.3 Å². The zero-order valence-corrected chi connectivity index (χ0v) is 10.3. The first kappa shape index (κ1) is 10.8. The molecule has 2 aromatic rings. The number of nitrogens with zero attached hydrogens (tertiary/aromatic N) is 2. The van der Waals surface area contributed by atoms with Crippen molar-refractivity contribution in [2.24, 2.45) is 0 Å². The molecule has 17 heavy (non-hydrogen) atoms. The molecule has 1 fully saturated rings. The Morgan fingerprint density at radius 1 is 1.41 bits per heavy atom. The summed E-state index contributed by atoms with van der Waals surface area (Å²) in [5.74, 6) is 1.78. The van der Waals surface area contributed by atoms with Gasteiger partial charge in [-0.25, -0.2) is 4.98 Å². The summed E-state index contributed by atoms with van der Waals surface area (Å²) in [6, 6.07) is 4.35. The fourth-order valence-electron chi connectivity index (χ4n) is 2.67. The summed E-state index contributed by atoms with van der Waals surface area (Å²) in [7, 11) is 0. The van der Waals surface area contributed by atoms with E-state index in [0.717, 1.165) is 13.1 Å². The molecule has 1 unspecified atom stereocenters. The molecule has 0 saturated carbocycles. The fourth-order valence-corrected chi connectivity index (χ4v) is 2.67. The van der Waals surface area contributed by atoms with Gasteiger partial charge in [0, 0.05) is 18.7 Å². The molecule has 3 rings (SSSR count). The zero-order chi connectivity index (χ0) is 11.7. The van der Waals surface area contributed by atoms with E-state index in [9.17, 15) is 0 Å². The molecule has 1 saturated heterocycles. The number of aromatic nitrogens is 2. The molecule has 1 aliphatic heterocycles. The molecule has 1 atom stereocenters. The Hall–Kier alpha value is -1.35. The minimum Gasteiger partial charge on any atom is -0.316 e. The van der Waals surface area contributed by atoms with E-state index in [2.05, 4.69) is 40.0 Å². The lowest BCUT2D eigenvalue weighted by Crippen LogP contribution is -2.20. The van der Waals surface area contributed by atoms with E-state index in [1.807, 2.05) is 6.20 Å². The van der Waals surface area contributed by atoms with Crippen LogP contribution in [0.1, 0.15) is 36.6 Å². The number of fused-ring (bicyclic) bond motifs is 1. The van der Waals surface area contributed by atoms with E-state index in [1.54, 1.807) is 0 Å². The van der Waals surface area contributed by atoms with Gasteiger partial charge in [0.2, 0.25) is 0 Å². The lowest BCUT2D eigenvalue weighted by atomic mass is 10.0. The monoisotopic (exact) mass is 229 g/mol. The van der Waals surface area contributed by atoms with Crippen LogP contribution in [0.15, 0.2) is 24.5 Å². The van der Waals surface area contributed by atoms with Gasteiger partial charge in [0.15, 0.2) is 0 Å². The van der Waals surface area contributed by atoms with Crippen LogP contribution in [0.25, 0.3) is 5.52 Å². The van der Waals surface area contributed by atoms with Gasteiger partial charge in [0.25, 0.3) is 0 Å². The predicted molar refractivity (Wildman–Crippen MR) is 69.4 cm³/mol. The largest absolute Gasteiger partial charge is 0.316 e. The van der Waals surface area contributed by atoms with E-state index >= 15 is 0 Å². The van der Waals surface area contributed by atoms with Crippen LogP contribution in [-0.2, 0) is 0 Å². The van der Waals surface area contributed by atoms with Gasteiger partial charge in [-0.05, 0) is 44.0 Å². The molecule has 3 heterocycles. The van der Waals surface area contributed by atoms with E-state index in [1.165, 1.54) is 36.2 Å². The second-order valence-electron chi connectivity index (χ2n) is 5.01. The van der Waals surface area contributed by atoms with Gasteiger partial charge in [-0.3, -0.25) is 0 Å². The average Bonchev–Trinajstić information content (AvgIpc) is 2.57. The third kappa shape index (κ3) is 2.07. The number of hydrogen-bond donors (Lipinski definition) is 1. The van der Waals surface area contributed by atoms with Crippen LogP contribution in [0.4, 0.5) is 0 Å². The number of rotatable bonds is 1. The van der Waals surface area contributed by atoms with Crippen LogP contribution < -0.4 is 5.32 Å². The number of hydrogen-bond acceptors (Lipinski definition) is 2. The van der Waals surface area contributed by atoms with Crippen LogP contribution in [0.5, 0.6) is 0 Å². The lowest BCUT2D eigenvalue weighted by molar-refractivity contribution is 0.576. The minimum atomic E-state index is 0.558. The van der Waals surface area contributed by atoms with Crippen molar-refractivity contribution in [2.75, 3.05) is 13.1 Å². The molecule has 0 spiro atoms. The maximum absolute atomic E-state index is 4.62. The third-order valence-electron chi connectivity index (χ3n) is 3.63. The van der Waals surface area contributed by atoms with Gasteiger partial charge in [0.05, 0.1) is 11.7 Å². The van der Waals surface area contributed by atoms with E-state index in [-0.39, 0.29) is 0 Å². The fraction of sp³-hybridized carbons (Fsp3) is 0.500. The van der Waals surface area contributed by atoms with Crippen LogP contribution in [0.2, 0.25) is 0 Å². The Bertz CT molecular complexity index is 507. The quantitative estimate of drug-likeness (QED) is 0.814. The van der Waals surface area contributed by atoms with Crippen molar-refractivity contribution >= 4 is 5.52 Å². The molecule has 0 radical (unpaired) electrons. The minimum absolute atomic E-state index is 0.558.